The SMILES string of the molecule is COc1cccc(N2CCN(Cc3ncc(-c4ccc(Cl)cc4)o3)CC2)c1. The van der Waals surface area contributed by atoms with Gasteiger partial charge in [0.2, 0.25) is 5.89 Å². The molecule has 2 aromatic carbocycles. The van der Waals surface area contributed by atoms with E-state index in [4.69, 9.17) is 20.8 Å². The molecule has 1 saturated heterocycles. The fourth-order valence-corrected chi connectivity index (χ4v) is 3.42. The fraction of sp³-hybridized carbons (Fsp3) is 0.286. The van der Waals surface area contributed by atoms with E-state index in [1.165, 1.54) is 5.69 Å². The molecular formula is C21H22ClN3O2. The van der Waals surface area contributed by atoms with E-state index in [1.54, 1.807) is 13.3 Å². The number of hydrogen-bond donors (Lipinski definition) is 0. The zero-order chi connectivity index (χ0) is 18.6. The number of aromatic nitrogens is 1. The first-order chi connectivity index (χ1) is 13.2. The van der Waals surface area contributed by atoms with Gasteiger partial charge in [0, 0.05) is 48.5 Å². The average molecular weight is 384 g/mol. The summed E-state index contributed by atoms with van der Waals surface area (Å²) in [7, 11) is 1.70. The lowest BCUT2D eigenvalue weighted by Gasteiger charge is -2.35. The van der Waals surface area contributed by atoms with Crippen molar-refractivity contribution in [2.45, 2.75) is 6.54 Å². The summed E-state index contributed by atoms with van der Waals surface area (Å²) in [5.74, 6) is 2.41. The molecule has 1 aromatic heterocycles. The number of nitrogens with zero attached hydrogens (tertiary/aromatic N) is 3. The monoisotopic (exact) mass is 383 g/mol. The van der Waals surface area contributed by atoms with Crippen LogP contribution in [0.15, 0.2) is 59.1 Å². The van der Waals surface area contributed by atoms with Crippen LogP contribution in [0.4, 0.5) is 5.69 Å². The van der Waals surface area contributed by atoms with Crippen LogP contribution in [0, 0.1) is 0 Å². The van der Waals surface area contributed by atoms with Gasteiger partial charge in [-0.2, -0.15) is 0 Å². The van der Waals surface area contributed by atoms with Crippen molar-refractivity contribution in [3.63, 3.8) is 0 Å². The third kappa shape index (κ3) is 4.26. The van der Waals surface area contributed by atoms with Crippen LogP contribution < -0.4 is 9.64 Å². The maximum atomic E-state index is 5.94. The van der Waals surface area contributed by atoms with Crippen LogP contribution >= 0.6 is 11.6 Å². The van der Waals surface area contributed by atoms with Gasteiger partial charge in [-0.3, -0.25) is 4.90 Å². The van der Waals surface area contributed by atoms with Gasteiger partial charge < -0.3 is 14.1 Å². The molecule has 140 valence electrons. The lowest BCUT2D eigenvalue weighted by Crippen LogP contribution is -2.46. The Morgan fingerprint density at radius 3 is 2.59 bits per heavy atom. The lowest BCUT2D eigenvalue weighted by atomic mass is 10.2. The van der Waals surface area contributed by atoms with E-state index < -0.39 is 0 Å². The minimum atomic E-state index is 0.715. The number of oxazole rings is 1. The van der Waals surface area contributed by atoms with Crippen molar-refractivity contribution in [3.8, 4) is 17.1 Å². The normalized spacial score (nSPS) is 15.1. The van der Waals surface area contributed by atoms with Gasteiger partial charge in [-0.25, -0.2) is 4.98 Å². The number of anilines is 1. The number of benzene rings is 2. The summed E-state index contributed by atoms with van der Waals surface area (Å²) in [6.45, 7) is 4.60. The van der Waals surface area contributed by atoms with Gasteiger partial charge in [0.25, 0.3) is 0 Å². The van der Waals surface area contributed by atoms with E-state index >= 15 is 0 Å². The molecule has 1 aliphatic heterocycles. The maximum Gasteiger partial charge on any atom is 0.209 e. The van der Waals surface area contributed by atoms with Crippen LogP contribution in [-0.4, -0.2) is 43.2 Å². The van der Waals surface area contributed by atoms with E-state index in [1.807, 2.05) is 36.4 Å². The summed E-state index contributed by atoms with van der Waals surface area (Å²) in [6.07, 6.45) is 1.78. The predicted molar refractivity (Wildman–Crippen MR) is 107 cm³/mol. The summed E-state index contributed by atoms with van der Waals surface area (Å²) in [5, 5.41) is 0.715. The largest absolute Gasteiger partial charge is 0.497 e. The molecule has 0 atom stereocenters. The Hall–Kier alpha value is -2.50. The highest BCUT2D eigenvalue weighted by molar-refractivity contribution is 6.30. The van der Waals surface area contributed by atoms with Gasteiger partial charge in [-0.15, -0.1) is 0 Å². The van der Waals surface area contributed by atoms with E-state index in [-0.39, 0.29) is 0 Å². The summed E-state index contributed by atoms with van der Waals surface area (Å²) in [5.41, 5.74) is 2.19. The Balaban J connectivity index is 1.35. The van der Waals surface area contributed by atoms with E-state index in [0.717, 1.165) is 55.7 Å². The summed E-state index contributed by atoms with van der Waals surface area (Å²) >= 11 is 5.94. The van der Waals surface area contributed by atoms with Crippen LogP contribution in [0.2, 0.25) is 5.02 Å². The summed E-state index contributed by atoms with van der Waals surface area (Å²) in [4.78, 5) is 9.19. The number of hydrogen-bond acceptors (Lipinski definition) is 5. The summed E-state index contributed by atoms with van der Waals surface area (Å²) in [6, 6.07) is 15.8. The number of rotatable bonds is 5. The van der Waals surface area contributed by atoms with Gasteiger partial charge in [0.15, 0.2) is 5.76 Å². The van der Waals surface area contributed by atoms with Gasteiger partial charge in [0.1, 0.15) is 5.75 Å². The first-order valence-electron chi connectivity index (χ1n) is 9.03. The van der Waals surface area contributed by atoms with Gasteiger partial charge in [0.05, 0.1) is 19.9 Å². The Kier molecular flexibility index (Phi) is 5.32. The van der Waals surface area contributed by atoms with Crippen molar-refractivity contribution in [3.05, 3.63) is 65.6 Å². The number of methoxy groups -OCH3 is 1. The Bertz CT molecular complexity index is 886. The maximum absolute atomic E-state index is 5.94. The average Bonchev–Trinajstić information content (AvgIpc) is 3.17. The van der Waals surface area contributed by atoms with Crippen molar-refractivity contribution in [1.82, 2.24) is 9.88 Å². The Morgan fingerprint density at radius 2 is 1.85 bits per heavy atom. The Labute approximate surface area is 164 Å². The molecule has 0 unspecified atom stereocenters. The fourth-order valence-electron chi connectivity index (χ4n) is 3.29. The molecule has 0 aliphatic carbocycles. The summed E-state index contributed by atoms with van der Waals surface area (Å²) < 4.78 is 11.3. The van der Waals surface area contributed by atoms with Crippen LogP contribution in [0.5, 0.6) is 5.75 Å². The highest BCUT2D eigenvalue weighted by Gasteiger charge is 2.19. The number of piperazine rings is 1. The minimum absolute atomic E-state index is 0.715. The molecule has 4 rings (SSSR count). The third-order valence-electron chi connectivity index (χ3n) is 4.83. The zero-order valence-electron chi connectivity index (χ0n) is 15.3. The zero-order valence-corrected chi connectivity index (χ0v) is 16.0. The highest BCUT2D eigenvalue weighted by Crippen LogP contribution is 2.24. The topological polar surface area (TPSA) is 41.7 Å². The molecule has 6 heteroatoms. The molecule has 2 heterocycles. The molecule has 0 bridgehead atoms. The molecule has 3 aromatic rings. The molecule has 1 aliphatic rings. The number of ether oxygens (including phenoxy) is 1. The van der Waals surface area contributed by atoms with Gasteiger partial charge in [-0.1, -0.05) is 17.7 Å². The van der Waals surface area contributed by atoms with Crippen LogP contribution in [0.3, 0.4) is 0 Å². The van der Waals surface area contributed by atoms with E-state index in [0.29, 0.717) is 5.02 Å². The molecule has 0 saturated carbocycles. The second kappa shape index (κ2) is 8.03. The molecule has 0 radical (unpaired) electrons. The molecule has 0 N–H and O–H groups in total. The smallest absolute Gasteiger partial charge is 0.209 e. The molecule has 27 heavy (non-hydrogen) atoms. The van der Waals surface area contributed by atoms with Crippen LogP contribution in [0.1, 0.15) is 5.89 Å². The first kappa shape index (κ1) is 17.9. The van der Waals surface area contributed by atoms with Crippen molar-refractivity contribution in [1.29, 1.82) is 0 Å². The molecular weight excluding hydrogens is 362 g/mol. The van der Waals surface area contributed by atoms with Crippen LogP contribution in [0.25, 0.3) is 11.3 Å². The Morgan fingerprint density at radius 1 is 1.07 bits per heavy atom. The standard InChI is InChI=1S/C21H22ClN3O2/c1-26-19-4-2-3-18(13-19)25-11-9-24(10-12-25)15-21-23-14-20(27-21)16-5-7-17(22)8-6-16/h2-8,13-14H,9-12,15H2,1H3. The van der Waals surface area contributed by atoms with Crippen molar-refractivity contribution >= 4 is 17.3 Å². The second-order valence-corrected chi connectivity index (χ2v) is 7.03. The first-order valence-corrected chi connectivity index (χ1v) is 9.41. The van der Waals surface area contributed by atoms with E-state index in [9.17, 15) is 0 Å². The van der Waals surface area contributed by atoms with Crippen molar-refractivity contribution in [2.24, 2.45) is 0 Å². The predicted octanol–water partition coefficient (Wildman–Crippen LogP) is 4.33. The molecule has 0 spiro atoms. The van der Waals surface area contributed by atoms with Crippen molar-refractivity contribution in [2.75, 3.05) is 38.2 Å². The lowest BCUT2D eigenvalue weighted by molar-refractivity contribution is 0.227. The number of halogens is 1. The highest BCUT2D eigenvalue weighted by atomic mass is 35.5. The third-order valence-corrected chi connectivity index (χ3v) is 5.08. The quantitative estimate of drug-likeness (QED) is 0.656. The van der Waals surface area contributed by atoms with Gasteiger partial charge >= 0.3 is 0 Å². The molecule has 0 amide bonds. The molecule has 5 nitrogen and oxygen atoms in total. The van der Waals surface area contributed by atoms with Crippen molar-refractivity contribution < 1.29 is 9.15 Å². The second-order valence-electron chi connectivity index (χ2n) is 6.59. The van der Waals surface area contributed by atoms with Crippen LogP contribution in [-0.2, 0) is 6.54 Å². The van der Waals surface area contributed by atoms with E-state index in [2.05, 4.69) is 26.9 Å². The molecule has 1 fully saturated rings. The van der Waals surface area contributed by atoms with Gasteiger partial charge in [-0.05, 0) is 36.4 Å². The minimum Gasteiger partial charge on any atom is -0.497 e.